The Morgan fingerprint density at radius 3 is 2.37 bits per heavy atom. The number of ether oxygens (including phenoxy) is 1. The molecule has 2 aromatic rings. The number of aliphatic hydroxyl groups is 1. The van der Waals surface area contributed by atoms with Gasteiger partial charge in [-0.15, -0.1) is 0 Å². The Labute approximate surface area is 158 Å². The van der Waals surface area contributed by atoms with Crippen molar-refractivity contribution in [2.45, 2.75) is 19.4 Å². The van der Waals surface area contributed by atoms with E-state index in [1.165, 1.54) is 4.90 Å². The highest BCUT2D eigenvalue weighted by atomic mass is 16.5. The standard InChI is InChI=1S/C22H23NO4/c1-15-9-11-16(12-10-15)19-18(20(24)17-7-4-3-5-8-17)21(25)22(26)23(19)13-6-14-27-2/h3-5,7-12,19,24H,6,13-14H2,1-2H3. The summed E-state index contributed by atoms with van der Waals surface area (Å²) < 4.78 is 5.08. The van der Waals surface area contributed by atoms with E-state index >= 15 is 0 Å². The molecule has 0 bridgehead atoms. The number of carbonyl (C=O) groups is 2. The Morgan fingerprint density at radius 2 is 1.74 bits per heavy atom. The zero-order valence-electron chi connectivity index (χ0n) is 15.5. The van der Waals surface area contributed by atoms with E-state index in [1.54, 1.807) is 31.4 Å². The van der Waals surface area contributed by atoms with Gasteiger partial charge in [-0.05, 0) is 18.9 Å². The van der Waals surface area contributed by atoms with Crippen LogP contribution in [0, 0.1) is 6.92 Å². The molecule has 0 saturated carbocycles. The molecule has 3 rings (SSSR count). The second-order valence-corrected chi connectivity index (χ2v) is 6.62. The van der Waals surface area contributed by atoms with Gasteiger partial charge in [0, 0.05) is 25.8 Å². The van der Waals surface area contributed by atoms with Gasteiger partial charge in [0.1, 0.15) is 5.76 Å². The second-order valence-electron chi connectivity index (χ2n) is 6.62. The van der Waals surface area contributed by atoms with E-state index in [1.807, 2.05) is 37.3 Å². The molecular formula is C22H23NO4. The Hall–Kier alpha value is -2.92. The highest BCUT2D eigenvalue weighted by Crippen LogP contribution is 2.39. The molecule has 1 unspecified atom stereocenters. The van der Waals surface area contributed by atoms with Crippen molar-refractivity contribution in [3.63, 3.8) is 0 Å². The van der Waals surface area contributed by atoms with Crippen LogP contribution >= 0.6 is 0 Å². The number of benzene rings is 2. The topological polar surface area (TPSA) is 66.8 Å². The number of aryl methyl sites for hydroxylation is 1. The molecule has 27 heavy (non-hydrogen) atoms. The average molecular weight is 365 g/mol. The zero-order valence-corrected chi connectivity index (χ0v) is 15.5. The summed E-state index contributed by atoms with van der Waals surface area (Å²) in [5.74, 6) is -1.39. The molecule has 0 spiro atoms. The first kappa shape index (κ1) is 18.9. The molecule has 140 valence electrons. The first-order chi connectivity index (χ1) is 13.0. The normalized spacial score (nSPS) is 18.9. The number of ketones is 1. The number of hydrogen-bond donors (Lipinski definition) is 1. The minimum Gasteiger partial charge on any atom is -0.507 e. The Morgan fingerprint density at radius 1 is 1.07 bits per heavy atom. The molecular weight excluding hydrogens is 342 g/mol. The van der Waals surface area contributed by atoms with Crippen LogP contribution in [0.4, 0.5) is 0 Å². The van der Waals surface area contributed by atoms with E-state index < -0.39 is 17.7 Å². The number of rotatable bonds is 6. The van der Waals surface area contributed by atoms with Gasteiger partial charge >= 0.3 is 0 Å². The largest absolute Gasteiger partial charge is 0.507 e. The number of aliphatic hydroxyl groups excluding tert-OH is 1. The molecule has 0 aliphatic carbocycles. The number of carbonyl (C=O) groups excluding carboxylic acids is 2. The minimum atomic E-state index is -0.653. The summed E-state index contributed by atoms with van der Waals surface area (Å²) in [6, 6.07) is 15.9. The third-order valence-corrected chi connectivity index (χ3v) is 4.73. The molecule has 1 amide bonds. The number of likely N-dealkylation sites (tertiary alicyclic amines) is 1. The summed E-state index contributed by atoms with van der Waals surface area (Å²) in [6.07, 6.45) is 0.608. The fourth-order valence-electron chi connectivity index (χ4n) is 3.34. The van der Waals surface area contributed by atoms with Crippen molar-refractivity contribution in [1.29, 1.82) is 0 Å². The van der Waals surface area contributed by atoms with Crippen LogP contribution in [-0.2, 0) is 14.3 Å². The van der Waals surface area contributed by atoms with Crippen LogP contribution in [0.25, 0.3) is 5.76 Å². The molecule has 1 atom stereocenters. The molecule has 1 heterocycles. The van der Waals surface area contributed by atoms with E-state index in [-0.39, 0.29) is 11.3 Å². The van der Waals surface area contributed by atoms with Crippen LogP contribution in [0.1, 0.15) is 29.2 Å². The van der Waals surface area contributed by atoms with Crippen molar-refractivity contribution in [1.82, 2.24) is 4.90 Å². The monoisotopic (exact) mass is 365 g/mol. The molecule has 5 heteroatoms. The SMILES string of the molecule is COCCCN1C(=O)C(=O)C(=C(O)c2ccccc2)C1c1ccc(C)cc1. The molecule has 1 fully saturated rings. The van der Waals surface area contributed by atoms with Crippen molar-refractivity contribution in [3.05, 3.63) is 76.9 Å². The van der Waals surface area contributed by atoms with Crippen molar-refractivity contribution in [3.8, 4) is 0 Å². The van der Waals surface area contributed by atoms with Gasteiger partial charge < -0.3 is 14.7 Å². The van der Waals surface area contributed by atoms with Crippen LogP contribution in [0.2, 0.25) is 0 Å². The van der Waals surface area contributed by atoms with E-state index in [0.717, 1.165) is 11.1 Å². The lowest BCUT2D eigenvalue weighted by molar-refractivity contribution is -0.140. The third kappa shape index (κ3) is 3.78. The number of Topliss-reactive ketones (excluding diaryl/α,β-unsaturated/α-hetero) is 1. The lowest BCUT2D eigenvalue weighted by atomic mass is 9.94. The molecule has 2 aromatic carbocycles. The van der Waals surface area contributed by atoms with E-state index in [4.69, 9.17) is 4.74 Å². The van der Waals surface area contributed by atoms with Gasteiger partial charge in [0.15, 0.2) is 0 Å². The maximum atomic E-state index is 12.8. The maximum Gasteiger partial charge on any atom is 0.295 e. The van der Waals surface area contributed by atoms with Gasteiger partial charge in [0.25, 0.3) is 11.7 Å². The summed E-state index contributed by atoms with van der Waals surface area (Å²) in [5, 5.41) is 10.8. The fourth-order valence-corrected chi connectivity index (χ4v) is 3.34. The molecule has 1 N–H and O–H groups in total. The Balaban J connectivity index is 2.10. The van der Waals surface area contributed by atoms with Crippen LogP contribution in [0.15, 0.2) is 60.2 Å². The average Bonchev–Trinajstić information content (AvgIpc) is 2.94. The summed E-state index contributed by atoms with van der Waals surface area (Å²) in [4.78, 5) is 27.0. The van der Waals surface area contributed by atoms with Crippen LogP contribution < -0.4 is 0 Å². The first-order valence-corrected chi connectivity index (χ1v) is 8.94. The third-order valence-electron chi connectivity index (χ3n) is 4.73. The lowest BCUT2D eigenvalue weighted by Gasteiger charge is -2.25. The minimum absolute atomic E-state index is 0.132. The maximum absolute atomic E-state index is 12.8. The number of methoxy groups -OCH3 is 1. The summed E-state index contributed by atoms with van der Waals surface area (Å²) in [7, 11) is 1.60. The molecule has 1 aliphatic heterocycles. The van der Waals surface area contributed by atoms with E-state index in [2.05, 4.69) is 0 Å². The molecule has 1 saturated heterocycles. The van der Waals surface area contributed by atoms with Gasteiger partial charge in [-0.2, -0.15) is 0 Å². The predicted molar refractivity (Wildman–Crippen MR) is 103 cm³/mol. The highest BCUT2D eigenvalue weighted by molar-refractivity contribution is 6.46. The highest BCUT2D eigenvalue weighted by Gasteiger charge is 2.45. The quantitative estimate of drug-likeness (QED) is 0.368. The van der Waals surface area contributed by atoms with Crippen molar-refractivity contribution < 1.29 is 19.4 Å². The zero-order chi connectivity index (χ0) is 19.4. The van der Waals surface area contributed by atoms with Crippen molar-refractivity contribution >= 4 is 17.4 Å². The summed E-state index contributed by atoms with van der Waals surface area (Å²) >= 11 is 0. The van der Waals surface area contributed by atoms with Crippen LogP contribution in [-0.4, -0.2) is 42.0 Å². The summed E-state index contributed by atoms with van der Waals surface area (Å²) in [5.41, 5.74) is 2.53. The van der Waals surface area contributed by atoms with Crippen LogP contribution in [0.5, 0.6) is 0 Å². The molecule has 0 aromatic heterocycles. The Bertz CT molecular complexity index is 856. The van der Waals surface area contributed by atoms with Gasteiger partial charge in [0.2, 0.25) is 0 Å². The predicted octanol–water partition coefficient (Wildman–Crippen LogP) is 3.45. The molecule has 1 aliphatic rings. The second kappa shape index (κ2) is 8.18. The number of hydrogen-bond acceptors (Lipinski definition) is 4. The van der Waals surface area contributed by atoms with Crippen LogP contribution in [0.3, 0.4) is 0 Å². The first-order valence-electron chi connectivity index (χ1n) is 8.94. The fraction of sp³-hybridized carbons (Fsp3) is 0.273. The Kier molecular flexibility index (Phi) is 5.72. The number of nitrogens with zero attached hydrogens (tertiary/aromatic N) is 1. The molecule has 0 radical (unpaired) electrons. The van der Waals surface area contributed by atoms with Crippen molar-refractivity contribution in [2.75, 3.05) is 20.3 Å². The van der Waals surface area contributed by atoms with Crippen molar-refractivity contribution in [2.24, 2.45) is 0 Å². The van der Waals surface area contributed by atoms with Gasteiger partial charge in [-0.3, -0.25) is 9.59 Å². The van der Waals surface area contributed by atoms with Gasteiger partial charge in [-0.25, -0.2) is 0 Å². The van der Waals surface area contributed by atoms with E-state index in [9.17, 15) is 14.7 Å². The smallest absolute Gasteiger partial charge is 0.295 e. The molecule has 5 nitrogen and oxygen atoms in total. The number of amides is 1. The van der Waals surface area contributed by atoms with E-state index in [0.29, 0.717) is 25.1 Å². The lowest BCUT2D eigenvalue weighted by Crippen LogP contribution is -2.31. The van der Waals surface area contributed by atoms with Gasteiger partial charge in [-0.1, -0.05) is 60.2 Å². The summed E-state index contributed by atoms with van der Waals surface area (Å²) in [6.45, 7) is 2.84. The van der Waals surface area contributed by atoms with Gasteiger partial charge in [0.05, 0.1) is 11.6 Å².